The van der Waals surface area contributed by atoms with E-state index in [-0.39, 0.29) is 6.42 Å². The molecule has 1 heterocycles. The lowest BCUT2D eigenvalue weighted by Gasteiger charge is -1.99. The molecule has 0 N–H and O–H groups in total. The Hall–Kier alpha value is -1.83. The van der Waals surface area contributed by atoms with E-state index in [1.807, 2.05) is 6.07 Å². The number of rotatable bonds is 3. The highest BCUT2D eigenvalue weighted by molar-refractivity contribution is 5.87. The van der Waals surface area contributed by atoms with Crippen LogP contribution in [0.4, 0.5) is 0 Å². The fourth-order valence-electron chi connectivity index (χ4n) is 1.09. The maximum absolute atomic E-state index is 11.3. The van der Waals surface area contributed by atoms with E-state index in [0.717, 1.165) is 0 Å². The Kier molecular flexibility index (Phi) is 3.24. The highest BCUT2D eigenvalue weighted by Crippen LogP contribution is 2.05. The normalized spacial score (nSPS) is 9.50. The van der Waals surface area contributed by atoms with E-state index in [9.17, 15) is 4.79 Å². The van der Waals surface area contributed by atoms with Crippen molar-refractivity contribution in [3.63, 3.8) is 0 Å². The molecule has 0 aliphatic rings. The summed E-state index contributed by atoms with van der Waals surface area (Å²) in [5.41, 5.74) is 0.954. The van der Waals surface area contributed by atoms with Gasteiger partial charge in [0, 0.05) is 7.05 Å². The number of hydrogen-bond acceptors (Lipinski definition) is 4. The number of hydrogen-bond donors (Lipinski definition) is 0. The van der Waals surface area contributed by atoms with Crippen LogP contribution in [-0.4, -0.2) is 22.4 Å². The van der Waals surface area contributed by atoms with Crippen molar-refractivity contribution in [2.24, 2.45) is 7.05 Å². The topological polar surface area (TPSA) is 67.9 Å². The summed E-state index contributed by atoms with van der Waals surface area (Å²) in [7, 11) is 1.65. The summed E-state index contributed by atoms with van der Waals surface area (Å²) in [6.45, 7) is 2.07. The average Bonchev–Trinajstić information content (AvgIpc) is 2.48. The molecule has 0 aliphatic heterocycles. The van der Waals surface area contributed by atoms with Crippen LogP contribution < -0.4 is 0 Å². The number of nitriles is 1. The van der Waals surface area contributed by atoms with E-state index in [4.69, 9.17) is 10.00 Å². The van der Waals surface area contributed by atoms with Crippen molar-refractivity contribution in [1.29, 1.82) is 5.26 Å². The van der Waals surface area contributed by atoms with Crippen LogP contribution in [-0.2, 0) is 18.2 Å². The van der Waals surface area contributed by atoms with Gasteiger partial charge in [-0.2, -0.15) is 10.4 Å². The Morgan fingerprint density at radius 3 is 3.07 bits per heavy atom. The molecule has 1 rings (SSSR count). The number of nitrogens with zero attached hydrogens (tertiary/aromatic N) is 3. The first-order valence-electron chi connectivity index (χ1n) is 4.26. The Morgan fingerprint density at radius 1 is 1.79 bits per heavy atom. The second-order valence-corrected chi connectivity index (χ2v) is 2.70. The van der Waals surface area contributed by atoms with Crippen LogP contribution in [0.3, 0.4) is 0 Å². The van der Waals surface area contributed by atoms with Crippen molar-refractivity contribution in [2.75, 3.05) is 6.61 Å². The van der Waals surface area contributed by atoms with Crippen molar-refractivity contribution in [3.8, 4) is 6.07 Å². The molecule has 0 atom stereocenters. The van der Waals surface area contributed by atoms with E-state index >= 15 is 0 Å². The minimum absolute atomic E-state index is 0.202. The van der Waals surface area contributed by atoms with Crippen molar-refractivity contribution in [1.82, 2.24) is 9.78 Å². The van der Waals surface area contributed by atoms with Crippen LogP contribution in [0.2, 0.25) is 0 Å². The van der Waals surface area contributed by atoms with E-state index in [1.54, 1.807) is 20.0 Å². The zero-order chi connectivity index (χ0) is 10.6. The largest absolute Gasteiger partial charge is 0.461 e. The molecule has 0 amide bonds. The molecule has 1 aromatic rings. The number of ether oxygens (including phenoxy) is 1. The lowest BCUT2D eigenvalue weighted by atomic mass is 10.3. The molecule has 74 valence electrons. The van der Waals surface area contributed by atoms with Crippen molar-refractivity contribution in [3.05, 3.63) is 17.5 Å². The van der Waals surface area contributed by atoms with Gasteiger partial charge in [-0.1, -0.05) is 0 Å². The molecule has 14 heavy (non-hydrogen) atoms. The van der Waals surface area contributed by atoms with E-state index in [1.165, 1.54) is 4.68 Å². The monoisotopic (exact) mass is 193 g/mol. The van der Waals surface area contributed by atoms with Gasteiger partial charge in [-0.3, -0.25) is 4.68 Å². The molecule has 5 nitrogen and oxygen atoms in total. The number of esters is 1. The fraction of sp³-hybridized carbons (Fsp3) is 0.444. The van der Waals surface area contributed by atoms with E-state index < -0.39 is 5.97 Å². The third-order valence-corrected chi connectivity index (χ3v) is 1.68. The predicted molar refractivity (Wildman–Crippen MR) is 48.5 cm³/mol. The summed E-state index contributed by atoms with van der Waals surface area (Å²) in [6, 6.07) is 3.54. The molecule has 0 aliphatic carbocycles. The summed E-state index contributed by atoms with van der Waals surface area (Å²) in [5.74, 6) is -0.410. The molecule has 0 aromatic carbocycles. The third-order valence-electron chi connectivity index (χ3n) is 1.68. The van der Waals surface area contributed by atoms with Crippen molar-refractivity contribution in [2.45, 2.75) is 13.3 Å². The standard InChI is InChI=1S/C9H11N3O2/c1-3-14-9(13)8-6-7(4-5-10)11-12(8)2/h6H,3-4H2,1-2H3. The van der Waals surface area contributed by atoms with Gasteiger partial charge < -0.3 is 4.74 Å². The van der Waals surface area contributed by atoms with Gasteiger partial charge in [0.2, 0.25) is 0 Å². The molecule has 0 unspecified atom stereocenters. The van der Waals surface area contributed by atoms with Gasteiger partial charge in [0.1, 0.15) is 5.69 Å². The summed E-state index contributed by atoms with van der Waals surface area (Å²) >= 11 is 0. The van der Waals surface area contributed by atoms with E-state index in [0.29, 0.717) is 18.0 Å². The fourth-order valence-corrected chi connectivity index (χ4v) is 1.09. The molecule has 0 radical (unpaired) electrons. The summed E-state index contributed by atoms with van der Waals surface area (Å²) in [6.07, 6.45) is 0.202. The highest BCUT2D eigenvalue weighted by Gasteiger charge is 2.13. The Morgan fingerprint density at radius 2 is 2.50 bits per heavy atom. The van der Waals surface area contributed by atoms with Crippen LogP contribution in [0.15, 0.2) is 6.07 Å². The molecular weight excluding hydrogens is 182 g/mol. The van der Waals surface area contributed by atoms with Crippen molar-refractivity contribution >= 4 is 5.97 Å². The van der Waals surface area contributed by atoms with Gasteiger partial charge in [-0.25, -0.2) is 4.79 Å². The summed E-state index contributed by atoms with van der Waals surface area (Å²) in [5, 5.41) is 12.4. The maximum atomic E-state index is 11.3. The van der Waals surface area contributed by atoms with Crippen LogP contribution in [0.25, 0.3) is 0 Å². The molecule has 0 saturated carbocycles. The third kappa shape index (κ3) is 2.10. The molecule has 0 fully saturated rings. The minimum atomic E-state index is -0.410. The maximum Gasteiger partial charge on any atom is 0.356 e. The summed E-state index contributed by atoms with van der Waals surface area (Å²) < 4.78 is 6.24. The van der Waals surface area contributed by atoms with Gasteiger partial charge in [-0.15, -0.1) is 0 Å². The molecule has 0 bridgehead atoms. The zero-order valence-corrected chi connectivity index (χ0v) is 8.15. The molecular formula is C9H11N3O2. The van der Waals surface area contributed by atoms with Gasteiger partial charge >= 0.3 is 5.97 Å². The number of aryl methyl sites for hydroxylation is 1. The van der Waals surface area contributed by atoms with E-state index in [2.05, 4.69) is 5.10 Å². The number of carbonyl (C=O) groups excluding carboxylic acids is 1. The Balaban J connectivity index is 2.88. The van der Waals surface area contributed by atoms with Gasteiger partial charge in [0.05, 0.1) is 24.8 Å². The smallest absolute Gasteiger partial charge is 0.356 e. The molecule has 0 saturated heterocycles. The SMILES string of the molecule is CCOC(=O)c1cc(CC#N)nn1C. The summed E-state index contributed by atoms with van der Waals surface area (Å²) in [4.78, 5) is 11.3. The zero-order valence-electron chi connectivity index (χ0n) is 8.15. The lowest BCUT2D eigenvalue weighted by molar-refractivity contribution is 0.0513. The first-order chi connectivity index (χ1) is 6.69. The van der Waals surface area contributed by atoms with Gasteiger partial charge in [0.25, 0.3) is 0 Å². The average molecular weight is 193 g/mol. The number of carbonyl (C=O) groups is 1. The first kappa shape index (κ1) is 10.3. The van der Waals surface area contributed by atoms with Crippen LogP contribution in [0.5, 0.6) is 0 Å². The Bertz CT molecular complexity index is 376. The molecule has 0 spiro atoms. The highest BCUT2D eigenvalue weighted by atomic mass is 16.5. The lowest BCUT2D eigenvalue weighted by Crippen LogP contribution is -2.10. The van der Waals surface area contributed by atoms with Crippen LogP contribution in [0.1, 0.15) is 23.1 Å². The quantitative estimate of drug-likeness (QED) is 0.661. The molecule has 5 heteroatoms. The van der Waals surface area contributed by atoms with Crippen LogP contribution in [0, 0.1) is 11.3 Å². The predicted octanol–water partition coefficient (Wildman–Crippen LogP) is 0.663. The van der Waals surface area contributed by atoms with Gasteiger partial charge in [0.15, 0.2) is 0 Å². The van der Waals surface area contributed by atoms with Crippen LogP contribution >= 0.6 is 0 Å². The van der Waals surface area contributed by atoms with Gasteiger partial charge in [-0.05, 0) is 13.0 Å². The molecule has 1 aromatic heterocycles. The number of aromatic nitrogens is 2. The second kappa shape index (κ2) is 4.42. The van der Waals surface area contributed by atoms with Crippen molar-refractivity contribution < 1.29 is 9.53 Å². The minimum Gasteiger partial charge on any atom is -0.461 e. The first-order valence-corrected chi connectivity index (χ1v) is 4.26. The second-order valence-electron chi connectivity index (χ2n) is 2.70. The Labute approximate surface area is 81.9 Å².